The van der Waals surface area contributed by atoms with E-state index in [0.717, 1.165) is 6.92 Å². The minimum Gasteiger partial charge on any atom is -0.481 e. The van der Waals surface area contributed by atoms with E-state index in [0.29, 0.717) is 13.1 Å². The Kier molecular flexibility index (Phi) is 12.9. The molecule has 0 aliphatic rings. The Morgan fingerprint density at radius 2 is 2.11 bits per heavy atom. The van der Waals surface area contributed by atoms with Crippen LogP contribution in [-0.4, -0.2) is 29.4 Å². The zero-order valence-electron chi connectivity index (χ0n) is 5.29. The highest BCUT2D eigenvalue weighted by Crippen LogP contribution is 1.42. The molecule has 0 unspecified atom stereocenters. The fourth-order valence-corrected chi connectivity index (χ4v) is 0.0645. The zero-order valence-corrected chi connectivity index (χ0v) is 5.29. The van der Waals surface area contributed by atoms with E-state index in [2.05, 4.69) is 0 Å². The summed E-state index contributed by atoms with van der Waals surface area (Å²) < 4.78 is 0. The Morgan fingerprint density at radius 1 is 1.78 bits per heavy atom. The van der Waals surface area contributed by atoms with Gasteiger partial charge in [-0.1, -0.05) is 0 Å². The Labute approximate surface area is 53.4 Å². The van der Waals surface area contributed by atoms with Crippen molar-refractivity contribution in [2.45, 2.75) is 6.92 Å². The number of aliphatic carboxylic acids is 1. The number of hydroxylamine groups is 1. The van der Waals surface area contributed by atoms with Crippen LogP contribution in [0.4, 0.5) is 0 Å². The lowest BCUT2D eigenvalue weighted by atomic mass is 10.7. The molecule has 0 atom stereocenters. The van der Waals surface area contributed by atoms with Crippen molar-refractivity contribution >= 4 is 5.97 Å². The number of nitrogens with two attached hydrogens (primary N) is 1. The summed E-state index contributed by atoms with van der Waals surface area (Å²) in [6.45, 7) is 2.04. The normalized spacial score (nSPS) is 7.44. The van der Waals surface area contributed by atoms with Crippen molar-refractivity contribution in [1.29, 1.82) is 0 Å². The van der Waals surface area contributed by atoms with E-state index in [1.807, 2.05) is 5.48 Å². The van der Waals surface area contributed by atoms with Crippen LogP contribution in [0.1, 0.15) is 6.92 Å². The maximum absolute atomic E-state index is 9.00. The first-order valence-electron chi connectivity index (χ1n) is 2.41. The van der Waals surface area contributed by atoms with E-state index < -0.39 is 5.97 Å². The number of nitrogens with one attached hydrogen (secondary N) is 1. The summed E-state index contributed by atoms with van der Waals surface area (Å²) in [6, 6.07) is 0. The molecular weight excluding hydrogens is 124 g/mol. The molecule has 9 heavy (non-hydrogen) atoms. The molecule has 0 heterocycles. The van der Waals surface area contributed by atoms with Crippen molar-refractivity contribution in [2.24, 2.45) is 5.73 Å². The molecule has 0 rings (SSSR count). The van der Waals surface area contributed by atoms with Gasteiger partial charge in [-0.15, -0.1) is 0 Å². The number of hydrogen-bond donors (Lipinski definition) is 4. The minimum absolute atomic E-state index is 0.472. The first-order valence-corrected chi connectivity index (χ1v) is 2.41. The molecule has 5 heteroatoms. The van der Waals surface area contributed by atoms with Gasteiger partial charge in [0, 0.05) is 20.0 Å². The predicted molar refractivity (Wildman–Crippen MR) is 32.2 cm³/mol. The van der Waals surface area contributed by atoms with Crippen LogP contribution < -0.4 is 11.2 Å². The van der Waals surface area contributed by atoms with E-state index in [1.54, 1.807) is 0 Å². The average molecular weight is 136 g/mol. The number of hydrogen-bond acceptors (Lipinski definition) is 4. The number of rotatable bonds is 2. The van der Waals surface area contributed by atoms with Gasteiger partial charge in [0.05, 0.1) is 0 Å². The van der Waals surface area contributed by atoms with Crippen LogP contribution in [-0.2, 0) is 4.79 Å². The smallest absolute Gasteiger partial charge is 0.300 e. The summed E-state index contributed by atoms with van der Waals surface area (Å²) in [5.74, 6) is -0.833. The minimum atomic E-state index is -0.833. The Bertz CT molecular complexity index is 60.8. The Balaban J connectivity index is 0. The van der Waals surface area contributed by atoms with Gasteiger partial charge in [0.1, 0.15) is 0 Å². The highest BCUT2D eigenvalue weighted by Gasteiger charge is 1.66. The van der Waals surface area contributed by atoms with Crippen LogP contribution in [0.5, 0.6) is 0 Å². The molecule has 0 fully saturated rings. The molecule has 56 valence electrons. The van der Waals surface area contributed by atoms with E-state index in [1.165, 1.54) is 0 Å². The van der Waals surface area contributed by atoms with E-state index in [9.17, 15) is 0 Å². The molecule has 5 nitrogen and oxygen atoms in total. The first kappa shape index (κ1) is 11.2. The van der Waals surface area contributed by atoms with Gasteiger partial charge in [0.2, 0.25) is 0 Å². The third kappa shape index (κ3) is 115. The monoisotopic (exact) mass is 136 g/mol. The van der Waals surface area contributed by atoms with Crippen molar-refractivity contribution in [3.05, 3.63) is 0 Å². The molecule has 0 bridgehead atoms. The van der Waals surface area contributed by atoms with E-state index in [-0.39, 0.29) is 0 Å². The summed E-state index contributed by atoms with van der Waals surface area (Å²) in [5.41, 5.74) is 6.81. The quantitative estimate of drug-likeness (QED) is 0.366. The Morgan fingerprint density at radius 3 is 2.11 bits per heavy atom. The van der Waals surface area contributed by atoms with Gasteiger partial charge < -0.3 is 16.0 Å². The number of carbonyl (C=O) groups is 1. The van der Waals surface area contributed by atoms with Crippen LogP contribution in [0, 0.1) is 0 Å². The van der Waals surface area contributed by atoms with Crippen LogP contribution in [0.2, 0.25) is 0 Å². The third-order valence-corrected chi connectivity index (χ3v) is 0.256. The SMILES string of the molecule is CC(=O)O.NCCNO. The molecule has 0 aliphatic heterocycles. The molecule has 0 radical (unpaired) electrons. The largest absolute Gasteiger partial charge is 0.481 e. The van der Waals surface area contributed by atoms with Crippen LogP contribution >= 0.6 is 0 Å². The van der Waals surface area contributed by atoms with Gasteiger partial charge in [-0.25, -0.2) is 5.48 Å². The van der Waals surface area contributed by atoms with Gasteiger partial charge >= 0.3 is 0 Å². The lowest BCUT2D eigenvalue weighted by molar-refractivity contribution is -0.134. The molecular formula is C4H12N2O3. The van der Waals surface area contributed by atoms with Crippen molar-refractivity contribution in [3.63, 3.8) is 0 Å². The third-order valence-electron chi connectivity index (χ3n) is 0.256. The van der Waals surface area contributed by atoms with Gasteiger partial charge in [-0.2, -0.15) is 0 Å². The highest BCUT2D eigenvalue weighted by molar-refractivity contribution is 5.62. The average Bonchev–Trinajstić information content (AvgIpc) is 1.66. The zero-order chi connectivity index (χ0) is 7.70. The summed E-state index contributed by atoms with van der Waals surface area (Å²) in [5, 5.41) is 15.2. The standard InChI is InChI=1S/C2H8N2O.C2H4O2/c3-1-2-4-5;1-2(3)4/h4-5H,1-3H2;1H3,(H,3,4). The van der Waals surface area contributed by atoms with Crippen LogP contribution in [0.15, 0.2) is 0 Å². The second kappa shape index (κ2) is 10.4. The van der Waals surface area contributed by atoms with Crippen LogP contribution in [0.3, 0.4) is 0 Å². The van der Waals surface area contributed by atoms with Crippen molar-refractivity contribution in [1.82, 2.24) is 5.48 Å². The molecule has 0 spiro atoms. The Hall–Kier alpha value is -0.650. The van der Waals surface area contributed by atoms with Crippen molar-refractivity contribution < 1.29 is 15.1 Å². The molecule has 0 amide bonds. The second-order valence-electron chi connectivity index (χ2n) is 1.22. The molecule has 0 aromatic carbocycles. The van der Waals surface area contributed by atoms with E-state index >= 15 is 0 Å². The van der Waals surface area contributed by atoms with Crippen molar-refractivity contribution in [3.8, 4) is 0 Å². The first-order chi connectivity index (χ1) is 4.15. The van der Waals surface area contributed by atoms with Gasteiger partial charge in [0.15, 0.2) is 0 Å². The molecule has 0 aromatic rings. The predicted octanol–water partition coefficient (Wildman–Crippen LogP) is -0.985. The summed E-state index contributed by atoms with van der Waals surface area (Å²) >= 11 is 0. The molecule has 0 saturated carbocycles. The highest BCUT2D eigenvalue weighted by atomic mass is 16.5. The van der Waals surface area contributed by atoms with Crippen molar-refractivity contribution in [2.75, 3.05) is 13.1 Å². The maximum Gasteiger partial charge on any atom is 0.300 e. The summed E-state index contributed by atoms with van der Waals surface area (Å²) in [6.07, 6.45) is 0. The number of carboxylic acids is 1. The van der Waals surface area contributed by atoms with Crippen LogP contribution in [0.25, 0.3) is 0 Å². The molecule has 0 aliphatic carbocycles. The molecule has 5 N–H and O–H groups in total. The maximum atomic E-state index is 9.00. The molecule has 0 saturated heterocycles. The lowest BCUT2D eigenvalue weighted by Crippen LogP contribution is -2.17. The summed E-state index contributed by atoms with van der Waals surface area (Å²) in [4.78, 5) is 9.00. The van der Waals surface area contributed by atoms with Gasteiger partial charge in [-0.3, -0.25) is 4.79 Å². The topological polar surface area (TPSA) is 95.6 Å². The van der Waals surface area contributed by atoms with Gasteiger partial charge in [-0.05, 0) is 0 Å². The lowest BCUT2D eigenvalue weighted by Gasteiger charge is -1.84. The molecule has 0 aromatic heterocycles. The second-order valence-corrected chi connectivity index (χ2v) is 1.22. The summed E-state index contributed by atoms with van der Waals surface area (Å²) in [7, 11) is 0. The van der Waals surface area contributed by atoms with E-state index in [4.69, 9.17) is 20.8 Å². The number of carboxylic acid groups (broad SMARTS) is 1. The fourth-order valence-electron chi connectivity index (χ4n) is 0.0645. The van der Waals surface area contributed by atoms with Gasteiger partial charge in [0.25, 0.3) is 5.97 Å². The fraction of sp³-hybridized carbons (Fsp3) is 0.750.